The van der Waals surface area contributed by atoms with Crippen molar-refractivity contribution in [1.82, 2.24) is 14.8 Å². The Labute approximate surface area is 128 Å². The van der Waals surface area contributed by atoms with E-state index in [0.29, 0.717) is 0 Å². The van der Waals surface area contributed by atoms with Crippen LogP contribution < -0.4 is 4.74 Å². The fourth-order valence-electron chi connectivity index (χ4n) is 2.16. The van der Waals surface area contributed by atoms with Crippen LogP contribution in [0, 0.1) is 20.8 Å². The number of rotatable bonds is 3. The predicted molar refractivity (Wildman–Crippen MR) is 85.4 cm³/mol. The predicted octanol–water partition coefficient (Wildman–Crippen LogP) is 3.93. The maximum atomic E-state index is 5.18. The molecule has 1 aromatic carbocycles. The lowest BCUT2D eigenvalue weighted by molar-refractivity contribution is 0.415. The number of hydrogen-bond acceptors (Lipinski definition) is 4. The summed E-state index contributed by atoms with van der Waals surface area (Å²) < 4.78 is 7.10. The highest BCUT2D eigenvalue weighted by molar-refractivity contribution is 7.12. The summed E-state index contributed by atoms with van der Waals surface area (Å²) in [5.41, 5.74) is 5.45. The van der Waals surface area contributed by atoms with E-state index in [2.05, 4.69) is 24.3 Å². The van der Waals surface area contributed by atoms with Crippen molar-refractivity contribution < 1.29 is 4.74 Å². The van der Waals surface area contributed by atoms with Crippen LogP contribution in [0.3, 0.4) is 0 Å². The number of thiazole rings is 1. The average molecular weight is 299 g/mol. The van der Waals surface area contributed by atoms with Gasteiger partial charge in [-0.25, -0.2) is 9.67 Å². The zero-order valence-electron chi connectivity index (χ0n) is 12.5. The molecule has 2 aromatic heterocycles. The van der Waals surface area contributed by atoms with Gasteiger partial charge in [-0.2, -0.15) is 5.10 Å². The molecular formula is C16H17N3OS. The molecule has 0 amide bonds. The van der Waals surface area contributed by atoms with E-state index < -0.39 is 0 Å². The second-order valence-electron chi connectivity index (χ2n) is 4.95. The fraction of sp³-hybridized carbons (Fsp3) is 0.250. The summed E-state index contributed by atoms with van der Waals surface area (Å²) in [4.78, 5) is 4.70. The van der Waals surface area contributed by atoms with Crippen molar-refractivity contribution in [1.29, 1.82) is 0 Å². The largest absolute Gasteiger partial charge is 0.497 e. The van der Waals surface area contributed by atoms with Crippen molar-refractivity contribution in [2.24, 2.45) is 0 Å². The van der Waals surface area contributed by atoms with Gasteiger partial charge < -0.3 is 4.74 Å². The van der Waals surface area contributed by atoms with Gasteiger partial charge in [-0.15, -0.1) is 11.3 Å². The minimum atomic E-state index is 0.850. The second-order valence-corrected chi connectivity index (χ2v) is 5.79. The first-order valence-corrected chi connectivity index (χ1v) is 7.61. The van der Waals surface area contributed by atoms with E-state index in [1.165, 1.54) is 5.56 Å². The minimum Gasteiger partial charge on any atom is -0.497 e. The maximum Gasteiger partial charge on any atom is 0.211 e. The molecule has 3 aromatic rings. The lowest BCUT2D eigenvalue weighted by Gasteiger charge is -2.01. The van der Waals surface area contributed by atoms with E-state index in [9.17, 15) is 0 Å². The number of ether oxygens (including phenoxy) is 1. The summed E-state index contributed by atoms with van der Waals surface area (Å²) >= 11 is 1.60. The topological polar surface area (TPSA) is 39.9 Å². The molecule has 0 radical (unpaired) electrons. The summed E-state index contributed by atoms with van der Waals surface area (Å²) in [5.74, 6) is 0.850. The molecule has 5 heteroatoms. The van der Waals surface area contributed by atoms with Crippen LogP contribution in [0.4, 0.5) is 0 Å². The molecule has 3 rings (SSSR count). The van der Waals surface area contributed by atoms with E-state index in [1.54, 1.807) is 18.4 Å². The maximum absolute atomic E-state index is 5.18. The molecule has 0 saturated carbocycles. The molecule has 0 aliphatic rings. The highest BCUT2D eigenvalue weighted by Gasteiger charge is 2.12. The van der Waals surface area contributed by atoms with Crippen LogP contribution in [0.1, 0.15) is 17.0 Å². The van der Waals surface area contributed by atoms with Crippen LogP contribution in [0.5, 0.6) is 5.75 Å². The third-order valence-corrected chi connectivity index (χ3v) is 4.53. The van der Waals surface area contributed by atoms with E-state index >= 15 is 0 Å². The highest BCUT2D eigenvalue weighted by atomic mass is 32.1. The quantitative estimate of drug-likeness (QED) is 0.735. The molecule has 0 unspecified atom stereocenters. The molecule has 0 spiro atoms. The first kappa shape index (κ1) is 13.8. The van der Waals surface area contributed by atoms with Crippen LogP contribution >= 0.6 is 11.3 Å². The number of aromatic nitrogens is 3. The highest BCUT2D eigenvalue weighted by Crippen LogP contribution is 2.27. The molecular weight excluding hydrogens is 282 g/mol. The Hall–Kier alpha value is -2.14. The second kappa shape index (κ2) is 5.33. The lowest BCUT2D eigenvalue weighted by Crippen LogP contribution is -1.98. The van der Waals surface area contributed by atoms with Gasteiger partial charge in [0.2, 0.25) is 5.13 Å². The van der Waals surface area contributed by atoms with Crippen molar-refractivity contribution in [3.63, 3.8) is 0 Å². The monoisotopic (exact) mass is 299 g/mol. The van der Waals surface area contributed by atoms with E-state index in [0.717, 1.165) is 33.5 Å². The Morgan fingerprint density at radius 2 is 1.81 bits per heavy atom. The summed E-state index contributed by atoms with van der Waals surface area (Å²) in [7, 11) is 1.67. The van der Waals surface area contributed by atoms with Crippen LogP contribution in [0.15, 0.2) is 29.6 Å². The first-order chi connectivity index (χ1) is 10.1. The van der Waals surface area contributed by atoms with Gasteiger partial charge in [0.1, 0.15) is 5.75 Å². The van der Waals surface area contributed by atoms with E-state index in [4.69, 9.17) is 9.72 Å². The van der Waals surface area contributed by atoms with Crippen molar-refractivity contribution in [3.8, 4) is 22.1 Å². The average Bonchev–Trinajstić information content (AvgIpc) is 3.08. The zero-order valence-corrected chi connectivity index (χ0v) is 13.4. The zero-order chi connectivity index (χ0) is 15.0. The number of hydrogen-bond donors (Lipinski definition) is 0. The third kappa shape index (κ3) is 2.45. The lowest BCUT2D eigenvalue weighted by atomic mass is 10.2. The number of aryl methyl sites for hydroxylation is 1. The van der Waals surface area contributed by atoms with Crippen LogP contribution in [0.2, 0.25) is 0 Å². The van der Waals surface area contributed by atoms with Gasteiger partial charge in [0.05, 0.1) is 18.5 Å². The van der Waals surface area contributed by atoms with Gasteiger partial charge >= 0.3 is 0 Å². The molecule has 4 nitrogen and oxygen atoms in total. The van der Waals surface area contributed by atoms with Crippen LogP contribution in [0.25, 0.3) is 16.4 Å². The van der Waals surface area contributed by atoms with Crippen molar-refractivity contribution in [3.05, 3.63) is 46.6 Å². The first-order valence-electron chi connectivity index (χ1n) is 6.73. The molecule has 0 atom stereocenters. The van der Waals surface area contributed by atoms with Crippen molar-refractivity contribution in [2.45, 2.75) is 20.8 Å². The molecule has 0 aliphatic carbocycles. The summed E-state index contributed by atoms with van der Waals surface area (Å²) in [6.07, 6.45) is 0. The van der Waals surface area contributed by atoms with Crippen molar-refractivity contribution in [2.75, 3.05) is 7.11 Å². The normalized spacial score (nSPS) is 10.9. The molecule has 0 bridgehead atoms. The number of nitrogens with zero attached hydrogens (tertiary/aromatic N) is 3. The molecule has 0 fully saturated rings. The molecule has 0 saturated heterocycles. The summed E-state index contributed by atoms with van der Waals surface area (Å²) in [5, 5.41) is 7.52. The SMILES string of the molecule is COc1ccc(-c2csc(-n3nc(C)c(C)c3C)n2)cc1. The van der Waals surface area contributed by atoms with E-state index in [-0.39, 0.29) is 0 Å². The number of benzene rings is 1. The van der Waals surface area contributed by atoms with Gasteiger partial charge in [-0.3, -0.25) is 0 Å². The molecule has 108 valence electrons. The fourth-order valence-corrected chi connectivity index (χ4v) is 3.00. The number of methoxy groups -OCH3 is 1. The van der Waals surface area contributed by atoms with Crippen LogP contribution in [-0.2, 0) is 0 Å². The summed E-state index contributed by atoms with van der Waals surface area (Å²) in [6.45, 7) is 6.19. The molecule has 0 aliphatic heterocycles. The third-order valence-electron chi connectivity index (χ3n) is 3.71. The molecule has 2 heterocycles. The Morgan fingerprint density at radius 1 is 1.10 bits per heavy atom. The van der Waals surface area contributed by atoms with Gasteiger partial charge in [0, 0.05) is 16.6 Å². The molecule has 21 heavy (non-hydrogen) atoms. The summed E-state index contributed by atoms with van der Waals surface area (Å²) in [6, 6.07) is 7.93. The Balaban J connectivity index is 1.97. The minimum absolute atomic E-state index is 0.850. The van der Waals surface area contributed by atoms with Gasteiger partial charge in [0.25, 0.3) is 0 Å². The van der Waals surface area contributed by atoms with Gasteiger partial charge in [-0.05, 0) is 50.6 Å². The van der Waals surface area contributed by atoms with Gasteiger partial charge in [-0.1, -0.05) is 0 Å². The van der Waals surface area contributed by atoms with Gasteiger partial charge in [0.15, 0.2) is 0 Å². The van der Waals surface area contributed by atoms with Crippen LogP contribution in [-0.4, -0.2) is 21.9 Å². The molecule has 0 N–H and O–H groups in total. The van der Waals surface area contributed by atoms with Crippen molar-refractivity contribution >= 4 is 11.3 Å². The van der Waals surface area contributed by atoms with E-state index in [1.807, 2.05) is 35.9 Å². The Kier molecular flexibility index (Phi) is 3.51. The Bertz CT molecular complexity index is 771. The standard InChI is InChI=1S/C16H17N3OS/c1-10-11(2)18-19(12(10)3)16-17-15(9-21-16)13-5-7-14(20-4)8-6-13/h5-9H,1-4H3. The Morgan fingerprint density at radius 3 is 2.38 bits per heavy atom. The smallest absolute Gasteiger partial charge is 0.211 e.